The van der Waals surface area contributed by atoms with Crippen LogP contribution < -0.4 is 4.74 Å². The lowest BCUT2D eigenvalue weighted by atomic mass is 10.1. The van der Waals surface area contributed by atoms with Crippen molar-refractivity contribution >= 4 is 10.0 Å². The second-order valence-electron chi connectivity index (χ2n) is 5.76. The molecule has 0 N–H and O–H groups in total. The van der Waals surface area contributed by atoms with E-state index < -0.39 is 10.0 Å². The van der Waals surface area contributed by atoms with E-state index in [1.165, 1.54) is 10.6 Å². The summed E-state index contributed by atoms with van der Waals surface area (Å²) in [5.74, 6) is 1.13. The molecule has 1 aliphatic heterocycles. The smallest absolute Gasteiger partial charge is 0.243 e. The normalized spacial score (nSPS) is 14.6. The molecular weight excluding hydrogens is 352 g/mol. The fourth-order valence-corrected chi connectivity index (χ4v) is 4.15. The van der Waals surface area contributed by atoms with Gasteiger partial charge in [-0.3, -0.25) is 4.98 Å². The topological polar surface area (TPSA) is 85.3 Å². The van der Waals surface area contributed by atoms with Crippen molar-refractivity contribution in [3.8, 4) is 11.5 Å². The van der Waals surface area contributed by atoms with Crippen LogP contribution in [0.1, 0.15) is 11.3 Å². The zero-order chi connectivity index (χ0) is 18.0. The van der Waals surface area contributed by atoms with E-state index >= 15 is 0 Å². The van der Waals surface area contributed by atoms with Crippen LogP contribution in [0.15, 0.2) is 60.0 Å². The largest absolute Gasteiger partial charge is 0.456 e. The summed E-state index contributed by atoms with van der Waals surface area (Å²) in [6.07, 6.45) is 8.06. The van der Waals surface area contributed by atoms with Gasteiger partial charge in [-0.15, -0.1) is 0 Å². The number of fused-ring (bicyclic) bond motifs is 1. The molecule has 4 rings (SSSR count). The molecule has 1 aliphatic rings. The SMILES string of the molecule is O=S(=O)(c1ccc(Oc2cccnc2)cc1)N1CCc2[c]ncnc2C1. The molecule has 0 fully saturated rings. The van der Waals surface area contributed by atoms with Gasteiger partial charge in [0.05, 0.1) is 29.5 Å². The standard InChI is InChI=1S/C18H15N4O3S/c23-26(24,22-9-7-14-10-20-13-21-18(14)12-22)17-5-3-15(4-6-17)25-16-2-1-8-19-11-16/h1-6,8,11,13H,7,9,12H2. The van der Waals surface area contributed by atoms with E-state index in [0.29, 0.717) is 30.2 Å². The van der Waals surface area contributed by atoms with Gasteiger partial charge in [-0.25, -0.2) is 18.4 Å². The highest BCUT2D eigenvalue weighted by Crippen LogP contribution is 2.26. The Hall–Kier alpha value is -2.84. The van der Waals surface area contributed by atoms with Crippen LogP contribution in [0.3, 0.4) is 0 Å². The fourth-order valence-electron chi connectivity index (χ4n) is 2.74. The van der Waals surface area contributed by atoms with Crippen molar-refractivity contribution in [1.82, 2.24) is 19.3 Å². The number of aromatic nitrogens is 3. The third-order valence-electron chi connectivity index (χ3n) is 4.09. The monoisotopic (exact) mass is 367 g/mol. The summed E-state index contributed by atoms with van der Waals surface area (Å²) in [5.41, 5.74) is 1.57. The molecule has 8 heteroatoms. The molecule has 1 aromatic carbocycles. The minimum atomic E-state index is -3.60. The first-order valence-corrected chi connectivity index (χ1v) is 9.45. The predicted octanol–water partition coefficient (Wildman–Crippen LogP) is 2.21. The maximum atomic E-state index is 12.9. The maximum absolute atomic E-state index is 12.9. The van der Waals surface area contributed by atoms with Gasteiger partial charge in [0.15, 0.2) is 0 Å². The van der Waals surface area contributed by atoms with Crippen LogP contribution in [-0.4, -0.2) is 34.2 Å². The number of benzene rings is 1. The number of hydrogen-bond acceptors (Lipinski definition) is 6. The average molecular weight is 367 g/mol. The molecule has 0 spiro atoms. The van der Waals surface area contributed by atoms with Gasteiger partial charge in [-0.2, -0.15) is 4.31 Å². The molecule has 7 nitrogen and oxygen atoms in total. The Morgan fingerprint density at radius 1 is 1.12 bits per heavy atom. The number of hydrogen-bond donors (Lipinski definition) is 0. The second-order valence-corrected chi connectivity index (χ2v) is 7.70. The summed E-state index contributed by atoms with van der Waals surface area (Å²) >= 11 is 0. The number of ether oxygens (including phenoxy) is 1. The molecule has 26 heavy (non-hydrogen) atoms. The van der Waals surface area contributed by atoms with Gasteiger partial charge in [0.2, 0.25) is 10.0 Å². The Balaban J connectivity index is 1.53. The van der Waals surface area contributed by atoms with Crippen LogP contribution in [0.5, 0.6) is 11.5 Å². The Morgan fingerprint density at radius 2 is 1.96 bits per heavy atom. The Labute approximate surface area is 151 Å². The summed E-state index contributed by atoms with van der Waals surface area (Å²) in [4.78, 5) is 12.2. The van der Waals surface area contributed by atoms with E-state index in [1.807, 2.05) is 0 Å². The predicted molar refractivity (Wildman–Crippen MR) is 92.9 cm³/mol. The number of sulfonamides is 1. The Kier molecular flexibility index (Phi) is 4.36. The van der Waals surface area contributed by atoms with E-state index in [0.717, 1.165) is 5.56 Å². The van der Waals surface area contributed by atoms with Crippen LogP contribution >= 0.6 is 0 Å². The molecule has 0 unspecified atom stereocenters. The molecule has 3 heterocycles. The second kappa shape index (κ2) is 6.81. The van der Waals surface area contributed by atoms with Crippen LogP contribution in [0.2, 0.25) is 0 Å². The summed E-state index contributed by atoms with van der Waals surface area (Å²) in [6.45, 7) is 0.609. The first kappa shape index (κ1) is 16.6. The Morgan fingerprint density at radius 3 is 2.73 bits per heavy atom. The molecule has 131 valence electrons. The third-order valence-corrected chi connectivity index (χ3v) is 5.95. The summed E-state index contributed by atoms with van der Waals surface area (Å²) < 4.78 is 32.8. The van der Waals surface area contributed by atoms with Crippen LogP contribution in [0, 0.1) is 6.20 Å². The number of rotatable bonds is 4. The van der Waals surface area contributed by atoms with Crippen molar-refractivity contribution in [2.45, 2.75) is 17.9 Å². The van der Waals surface area contributed by atoms with E-state index in [-0.39, 0.29) is 11.4 Å². The maximum Gasteiger partial charge on any atom is 0.243 e. The summed E-state index contributed by atoms with van der Waals surface area (Å²) in [6, 6.07) is 9.90. The number of nitrogens with zero attached hydrogens (tertiary/aromatic N) is 4. The highest BCUT2D eigenvalue weighted by atomic mass is 32.2. The van der Waals surface area contributed by atoms with Crippen LogP contribution in [-0.2, 0) is 23.0 Å². The van der Waals surface area contributed by atoms with Gasteiger partial charge in [0, 0.05) is 18.3 Å². The lowest BCUT2D eigenvalue weighted by molar-refractivity contribution is 0.384. The van der Waals surface area contributed by atoms with Crippen molar-refractivity contribution < 1.29 is 13.2 Å². The quantitative estimate of drug-likeness (QED) is 0.703. The van der Waals surface area contributed by atoms with Crippen molar-refractivity contribution in [3.63, 3.8) is 0 Å². The van der Waals surface area contributed by atoms with Gasteiger partial charge in [0.25, 0.3) is 0 Å². The van der Waals surface area contributed by atoms with Gasteiger partial charge >= 0.3 is 0 Å². The zero-order valence-electron chi connectivity index (χ0n) is 13.7. The molecule has 0 aliphatic carbocycles. The fraction of sp³-hybridized carbons (Fsp3) is 0.167. The van der Waals surface area contributed by atoms with Crippen LogP contribution in [0.4, 0.5) is 0 Å². The highest BCUT2D eigenvalue weighted by molar-refractivity contribution is 7.89. The average Bonchev–Trinajstić information content (AvgIpc) is 2.69. The molecule has 0 saturated heterocycles. The highest BCUT2D eigenvalue weighted by Gasteiger charge is 2.29. The lowest BCUT2D eigenvalue weighted by Crippen LogP contribution is -2.36. The molecule has 3 aromatic rings. The van der Waals surface area contributed by atoms with Gasteiger partial charge in [-0.05, 0) is 42.8 Å². The first-order valence-electron chi connectivity index (χ1n) is 8.01. The lowest BCUT2D eigenvalue weighted by Gasteiger charge is -2.26. The molecule has 0 bridgehead atoms. The van der Waals surface area contributed by atoms with E-state index in [4.69, 9.17) is 4.74 Å². The molecule has 0 saturated carbocycles. The van der Waals surface area contributed by atoms with E-state index in [2.05, 4.69) is 21.1 Å². The van der Waals surface area contributed by atoms with Gasteiger partial charge in [-0.1, -0.05) is 0 Å². The molecule has 1 radical (unpaired) electrons. The van der Waals surface area contributed by atoms with Crippen molar-refractivity contribution in [2.24, 2.45) is 0 Å². The van der Waals surface area contributed by atoms with E-state index in [9.17, 15) is 8.42 Å². The first-order chi connectivity index (χ1) is 12.6. The summed E-state index contributed by atoms with van der Waals surface area (Å²) in [5, 5.41) is 0. The summed E-state index contributed by atoms with van der Waals surface area (Å²) in [7, 11) is -3.60. The van der Waals surface area contributed by atoms with Gasteiger partial charge < -0.3 is 4.74 Å². The van der Waals surface area contributed by atoms with Gasteiger partial charge in [0.1, 0.15) is 17.8 Å². The third kappa shape index (κ3) is 3.29. The molecule has 0 atom stereocenters. The van der Waals surface area contributed by atoms with Crippen LogP contribution in [0.25, 0.3) is 0 Å². The molecular formula is C18H15N4O3S. The number of pyridine rings is 1. The van der Waals surface area contributed by atoms with Crippen molar-refractivity contribution in [1.29, 1.82) is 0 Å². The molecule has 2 aromatic heterocycles. The van der Waals surface area contributed by atoms with E-state index in [1.54, 1.807) is 48.8 Å². The molecule has 0 amide bonds. The Bertz CT molecular complexity index is 1010. The van der Waals surface area contributed by atoms with Crippen molar-refractivity contribution in [2.75, 3.05) is 6.54 Å². The van der Waals surface area contributed by atoms with Crippen molar-refractivity contribution in [3.05, 3.63) is 72.6 Å². The minimum Gasteiger partial charge on any atom is -0.456 e. The minimum absolute atomic E-state index is 0.220. The zero-order valence-corrected chi connectivity index (χ0v) is 14.6.